The Morgan fingerprint density at radius 3 is 2.96 bits per heavy atom. The van der Waals surface area contributed by atoms with Gasteiger partial charge >= 0.3 is 0 Å². The normalized spacial score (nSPS) is 17.1. The quantitative estimate of drug-likeness (QED) is 0.879. The number of rotatable bonds is 6. The summed E-state index contributed by atoms with van der Waals surface area (Å²) in [6, 6.07) is 3.97. The van der Waals surface area contributed by atoms with Gasteiger partial charge in [0.1, 0.15) is 10.6 Å². The largest absolute Gasteiger partial charge is 0.468 e. The predicted octanol–water partition coefficient (Wildman–Crippen LogP) is 2.65. The molecule has 0 saturated carbocycles. The van der Waals surface area contributed by atoms with Crippen LogP contribution in [0, 0.1) is 0 Å². The topological polar surface area (TPSA) is 71.3 Å². The summed E-state index contributed by atoms with van der Waals surface area (Å²) in [5, 5.41) is 7.04. The van der Waals surface area contributed by atoms with Crippen molar-refractivity contribution in [1.29, 1.82) is 0 Å². The van der Waals surface area contributed by atoms with Gasteiger partial charge in [-0.1, -0.05) is 17.8 Å². The maximum Gasteiger partial charge on any atom is 0.265 e. The van der Waals surface area contributed by atoms with Crippen LogP contribution in [-0.2, 0) is 6.42 Å². The van der Waals surface area contributed by atoms with E-state index in [4.69, 9.17) is 4.42 Å². The summed E-state index contributed by atoms with van der Waals surface area (Å²) in [5.41, 5.74) is 0.764. The summed E-state index contributed by atoms with van der Waals surface area (Å²) in [6.45, 7) is 4.60. The van der Waals surface area contributed by atoms with Gasteiger partial charge in [0.2, 0.25) is 0 Å². The highest BCUT2D eigenvalue weighted by molar-refractivity contribution is 7.08. The molecule has 23 heavy (non-hydrogen) atoms. The number of furan rings is 1. The zero-order valence-corrected chi connectivity index (χ0v) is 14.1. The maximum atomic E-state index is 12.4. The average Bonchev–Trinajstić information content (AvgIpc) is 3.27. The van der Waals surface area contributed by atoms with E-state index in [9.17, 15) is 4.79 Å². The fraction of sp³-hybridized carbons (Fsp3) is 0.562. The molecule has 2 aromatic heterocycles. The highest BCUT2D eigenvalue weighted by Gasteiger charge is 2.25. The van der Waals surface area contributed by atoms with Crippen LogP contribution in [-0.4, -0.2) is 40.0 Å². The fourth-order valence-electron chi connectivity index (χ4n) is 3.00. The Bertz CT molecular complexity index is 620. The summed E-state index contributed by atoms with van der Waals surface area (Å²) >= 11 is 1.16. The first kappa shape index (κ1) is 16.1. The van der Waals surface area contributed by atoms with E-state index in [1.54, 1.807) is 6.26 Å². The Kier molecular flexibility index (Phi) is 5.40. The number of carbonyl (C=O) groups excluding carboxylic acids is 1. The zero-order chi connectivity index (χ0) is 16.1. The standard InChI is InChI=1S/C16H22N4O2S/c1-2-12-15(23-19-18-12)16(21)17-11-13(14-7-6-10-22-14)20-8-4-3-5-9-20/h6-7,10,13H,2-5,8-9,11H2,1H3,(H,17,21). The molecule has 124 valence electrons. The van der Waals surface area contributed by atoms with Crippen LogP contribution in [0.15, 0.2) is 22.8 Å². The van der Waals surface area contributed by atoms with Crippen molar-refractivity contribution < 1.29 is 9.21 Å². The van der Waals surface area contributed by atoms with E-state index in [2.05, 4.69) is 19.8 Å². The van der Waals surface area contributed by atoms with Crippen LogP contribution in [0.25, 0.3) is 0 Å². The molecule has 1 amide bonds. The summed E-state index contributed by atoms with van der Waals surface area (Å²) in [4.78, 5) is 15.4. The lowest BCUT2D eigenvalue weighted by Crippen LogP contribution is -2.40. The van der Waals surface area contributed by atoms with Crippen LogP contribution in [0.4, 0.5) is 0 Å². The summed E-state index contributed by atoms with van der Waals surface area (Å²) in [6.07, 6.45) is 6.08. The number of hydrogen-bond acceptors (Lipinski definition) is 6. The molecule has 1 atom stereocenters. The van der Waals surface area contributed by atoms with Gasteiger partial charge in [-0.05, 0) is 56.0 Å². The Morgan fingerprint density at radius 2 is 2.26 bits per heavy atom. The van der Waals surface area contributed by atoms with E-state index in [0.29, 0.717) is 17.8 Å². The zero-order valence-electron chi connectivity index (χ0n) is 13.3. The Labute approximate surface area is 140 Å². The molecule has 1 fully saturated rings. The molecular formula is C16H22N4O2S. The first-order valence-corrected chi connectivity index (χ1v) is 8.93. The van der Waals surface area contributed by atoms with Crippen molar-refractivity contribution in [3.8, 4) is 0 Å². The van der Waals surface area contributed by atoms with Gasteiger partial charge in [0.05, 0.1) is 18.0 Å². The predicted molar refractivity (Wildman–Crippen MR) is 88.5 cm³/mol. The molecule has 6 nitrogen and oxygen atoms in total. The second-order valence-electron chi connectivity index (χ2n) is 5.74. The smallest absolute Gasteiger partial charge is 0.265 e. The van der Waals surface area contributed by atoms with Crippen molar-refractivity contribution in [2.75, 3.05) is 19.6 Å². The third-order valence-electron chi connectivity index (χ3n) is 4.26. The third kappa shape index (κ3) is 3.79. The lowest BCUT2D eigenvalue weighted by molar-refractivity contribution is 0.0917. The van der Waals surface area contributed by atoms with Crippen molar-refractivity contribution in [1.82, 2.24) is 19.8 Å². The first-order chi connectivity index (χ1) is 11.3. The van der Waals surface area contributed by atoms with E-state index in [0.717, 1.165) is 36.1 Å². The summed E-state index contributed by atoms with van der Waals surface area (Å²) in [5.74, 6) is 0.816. The maximum absolute atomic E-state index is 12.4. The second kappa shape index (κ2) is 7.70. The molecule has 7 heteroatoms. The minimum absolute atomic E-state index is 0.0835. The van der Waals surface area contributed by atoms with Crippen LogP contribution in [0.3, 0.4) is 0 Å². The second-order valence-corrected chi connectivity index (χ2v) is 6.49. The number of aryl methyl sites for hydroxylation is 1. The number of likely N-dealkylation sites (tertiary alicyclic amines) is 1. The van der Waals surface area contributed by atoms with E-state index in [1.165, 1.54) is 19.3 Å². The number of hydrogen-bond donors (Lipinski definition) is 1. The summed E-state index contributed by atoms with van der Waals surface area (Å²) in [7, 11) is 0. The van der Waals surface area contributed by atoms with Crippen molar-refractivity contribution in [2.45, 2.75) is 38.6 Å². The van der Waals surface area contributed by atoms with Gasteiger partial charge in [0.25, 0.3) is 5.91 Å². The van der Waals surface area contributed by atoms with Gasteiger partial charge in [-0.15, -0.1) is 5.10 Å². The van der Waals surface area contributed by atoms with Gasteiger partial charge < -0.3 is 9.73 Å². The van der Waals surface area contributed by atoms with Crippen molar-refractivity contribution in [3.63, 3.8) is 0 Å². The van der Waals surface area contributed by atoms with Crippen molar-refractivity contribution in [2.24, 2.45) is 0 Å². The Morgan fingerprint density at radius 1 is 1.43 bits per heavy atom. The number of piperidine rings is 1. The van der Waals surface area contributed by atoms with E-state index in [-0.39, 0.29) is 11.9 Å². The average molecular weight is 334 g/mol. The molecule has 0 aliphatic carbocycles. The molecule has 1 aliphatic rings. The van der Waals surface area contributed by atoms with E-state index >= 15 is 0 Å². The van der Waals surface area contributed by atoms with Crippen LogP contribution < -0.4 is 5.32 Å². The number of aromatic nitrogens is 2. The van der Waals surface area contributed by atoms with Gasteiger partial charge in [-0.2, -0.15) is 0 Å². The SMILES string of the molecule is CCc1nnsc1C(=O)NCC(c1ccco1)N1CCCCC1. The number of carbonyl (C=O) groups is 1. The van der Waals surface area contributed by atoms with Crippen molar-refractivity contribution in [3.05, 3.63) is 34.7 Å². The number of nitrogens with one attached hydrogen (secondary N) is 1. The minimum Gasteiger partial charge on any atom is -0.468 e. The fourth-order valence-corrected chi connectivity index (χ4v) is 3.67. The molecule has 1 unspecified atom stereocenters. The molecular weight excluding hydrogens is 312 g/mol. The molecule has 0 radical (unpaired) electrons. The molecule has 0 aromatic carbocycles. The van der Waals surface area contributed by atoms with Crippen LogP contribution in [0.2, 0.25) is 0 Å². The Balaban J connectivity index is 1.68. The molecule has 0 bridgehead atoms. The van der Waals surface area contributed by atoms with Crippen LogP contribution in [0.5, 0.6) is 0 Å². The molecule has 1 aliphatic heterocycles. The number of amides is 1. The Hall–Kier alpha value is -1.73. The van der Waals surface area contributed by atoms with Gasteiger partial charge in [-0.3, -0.25) is 9.69 Å². The molecule has 3 heterocycles. The molecule has 2 aromatic rings. The highest BCUT2D eigenvalue weighted by atomic mass is 32.1. The van der Waals surface area contributed by atoms with Gasteiger partial charge in [0, 0.05) is 6.54 Å². The highest BCUT2D eigenvalue weighted by Crippen LogP contribution is 2.24. The molecule has 1 saturated heterocycles. The van der Waals surface area contributed by atoms with Crippen molar-refractivity contribution >= 4 is 17.4 Å². The molecule has 0 spiro atoms. The molecule has 1 N–H and O–H groups in total. The first-order valence-electron chi connectivity index (χ1n) is 8.16. The lowest BCUT2D eigenvalue weighted by Gasteiger charge is -2.33. The van der Waals surface area contributed by atoms with E-state index in [1.807, 2.05) is 19.1 Å². The monoisotopic (exact) mass is 334 g/mol. The molecule has 3 rings (SSSR count). The number of nitrogens with zero attached hydrogens (tertiary/aromatic N) is 3. The van der Waals surface area contributed by atoms with Crippen LogP contribution in [0.1, 0.15) is 53.4 Å². The lowest BCUT2D eigenvalue weighted by atomic mass is 10.1. The van der Waals surface area contributed by atoms with Gasteiger partial charge in [-0.25, -0.2) is 0 Å². The van der Waals surface area contributed by atoms with Crippen LogP contribution >= 0.6 is 11.5 Å². The van der Waals surface area contributed by atoms with Gasteiger partial charge in [0.15, 0.2) is 0 Å². The van der Waals surface area contributed by atoms with E-state index < -0.39 is 0 Å². The minimum atomic E-state index is -0.0922. The third-order valence-corrected chi connectivity index (χ3v) is 5.02. The summed E-state index contributed by atoms with van der Waals surface area (Å²) < 4.78 is 9.48.